The van der Waals surface area contributed by atoms with Crippen LogP contribution in [0.3, 0.4) is 0 Å². The predicted molar refractivity (Wildman–Crippen MR) is 84.4 cm³/mol. The Morgan fingerprint density at radius 2 is 2.00 bits per heavy atom. The van der Waals surface area contributed by atoms with Crippen molar-refractivity contribution in [1.82, 2.24) is 5.32 Å². The quantitative estimate of drug-likeness (QED) is 0.772. The first-order valence-electron chi connectivity index (χ1n) is 8.43. The molecule has 21 heavy (non-hydrogen) atoms. The smallest absolute Gasteiger partial charge is 0.119 e. The van der Waals surface area contributed by atoms with Crippen LogP contribution in [0.1, 0.15) is 50.5 Å². The van der Waals surface area contributed by atoms with Crippen molar-refractivity contribution in [2.24, 2.45) is 5.92 Å². The van der Waals surface area contributed by atoms with Crippen molar-refractivity contribution in [2.75, 3.05) is 6.61 Å². The highest BCUT2D eigenvalue weighted by molar-refractivity contribution is 5.28. The first-order chi connectivity index (χ1) is 10.3. The van der Waals surface area contributed by atoms with Gasteiger partial charge in [0.1, 0.15) is 12.4 Å². The fourth-order valence-electron chi connectivity index (χ4n) is 3.19. The second kappa shape index (κ2) is 7.28. The van der Waals surface area contributed by atoms with Gasteiger partial charge in [0, 0.05) is 12.6 Å². The molecule has 3 rings (SSSR count). The number of ether oxygens (including phenoxy) is 1. The molecular weight excluding hydrogens is 262 g/mol. The third-order valence-electron chi connectivity index (χ3n) is 4.59. The van der Waals surface area contributed by atoms with Gasteiger partial charge in [-0.1, -0.05) is 37.8 Å². The molecule has 1 aromatic rings. The zero-order valence-electron chi connectivity index (χ0n) is 12.8. The summed E-state index contributed by atoms with van der Waals surface area (Å²) in [6, 6.07) is 8.93. The Morgan fingerprint density at radius 3 is 2.76 bits per heavy atom. The standard InChI is InChI=1S/C18H27NO2/c20-17(10-14-4-1-2-5-14)13-21-18-7-3-6-15(11-18)12-19-16-8-9-16/h3,6-7,11,14,16-17,19-20H,1-2,4-5,8-10,12-13H2. The Morgan fingerprint density at radius 1 is 1.19 bits per heavy atom. The molecule has 2 saturated carbocycles. The molecule has 2 fully saturated rings. The van der Waals surface area contributed by atoms with Crippen LogP contribution in [-0.2, 0) is 6.54 Å². The number of nitrogens with one attached hydrogen (secondary N) is 1. The van der Waals surface area contributed by atoms with Crippen molar-refractivity contribution >= 4 is 0 Å². The summed E-state index contributed by atoms with van der Waals surface area (Å²) in [7, 11) is 0. The molecule has 2 N–H and O–H groups in total. The van der Waals surface area contributed by atoms with Crippen LogP contribution < -0.4 is 10.1 Å². The van der Waals surface area contributed by atoms with E-state index in [-0.39, 0.29) is 6.10 Å². The molecule has 2 aliphatic carbocycles. The Hall–Kier alpha value is -1.06. The van der Waals surface area contributed by atoms with Crippen LogP contribution in [0.4, 0.5) is 0 Å². The number of aliphatic hydroxyl groups is 1. The van der Waals surface area contributed by atoms with Gasteiger partial charge >= 0.3 is 0 Å². The minimum Gasteiger partial charge on any atom is -0.491 e. The third kappa shape index (κ3) is 5.01. The Labute approximate surface area is 127 Å². The lowest BCUT2D eigenvalue weighted by atomic mass is 10.0. The van der Waals surface area contributed by atoms with E-state index < -0.39 is 0 Å². The van der Waals surface area contributed by atoms with Gasteiger partial charge < -0.3 is 15.2 Å². The molecule has 0 bridgehead atoms. The molecule has 0 spiro atoms. The van der Waals surface area contributed by atoms with E-state index in [2.05, 4.69) is 17.4 Å². The molecule has 1 aromatic carbocycles. The van der Waals surface area contributed by atoms with Crippen LogP contribution in [-0.4, -0.2) is 23.9 Å². The molecule has 1 unspecified atom stereocenters. The highest BCUT2D eigenvalue weighted by atomic mass is 16.5. The van der Waals surface area contributed by atoms with Crippen LogP contribution in [0.25, 0.3) is 0 Å². The maximum absolute atomic E-state index is 10.1. The van der Waals surface area contributed by atoms with Gasteiger partial charge in [0.05, 0.1) is 6.10 Å². The lowest BCUT2D eigenvalue weighted by Gasteiger charge is -2.16. The van der Waals surface area contributed by atoms with E-state index in [0.29, 0.717) is 12.5 Å². The van der Waals surface area contributed by atoms with Crippen LogP contribution >= 0.6 is 0 Å². The van der Waals surface area contributed by atoms with E-state index in [1.54, 1.807) is 0 Å². The van der Waals surface area contributed by atoms with Crippen LogP contribution in [0, 0.1) is 5.92 Å². The summed E-state index contributed by atoms with van der Waals surface area (Å²) in [4.78, 5) is 0. The maximum Gasteiger partial charge on any atom is 0.119 e. The largest absolute Gasteiger partial charge is 0.491 e. The van der Waals surface area contributed by atoms with E-state index in [9.17, 15) is 5.11 Å². The first-order valence-corrected chi connectivity index (χ1v) is 8.43. The molecule has 0 aliphatic heterocycles. The van der Waals surface area contributed by atoms with Gasteiger partial charge in [0.2, 0.25) is 0 Å². The molecule has 0 saturated heterocycles. The van der Waals surface area contributed by atoms with Crippen molar-refractivity contribution in [3.8, 4) is 5.75 Å². The molecule has 0 radical (unpaired) electrons. The summed E-state index contributed by atoms with van der Waals surface area (Å²) >= 11 is 0. The average molecular weight is 289 g/mol. The Bertz CT molecular complexity index is 439. The number of benzene rings is 1. The summed E-state index contributed by atoms with van der Waals surface area (Å²) in [6.45, 7) is 1.32. The monoisotopic (exact) mass is 289 g/mol. The van der Waals surface area contributed by atoms with E-state index in [1.165, 1.54) is 44.1 Å². The second-order valence-corrected chi connectivity index (χ2v) is 6.65. The lowest BCUT2D eigenvalue weighted by Crippen LogP contribution is -2.20. The van der Waals surface area contributed by atoms with Gasteiger partial charge in [-0.05, 0) is 42.9 Å². The van der Waals surface area contributed by atoms with Gasteiger partial charge in [-0.2, -0.15) is 0 Å². The van der Waals surface area contributed by atoms with E-state index in [4.69, 9.17) is 4.74 Å². The zero-order chi connectivity index (χ0) is 14.5. The molecule has 0 amide bonds. The van der Waals surface area contributed by atoms with E-state index in [1.807, 2.05) is 12.1 Å². The Kier molecular flexibility index (Phi) is 5.15. The average Bonchev–Trinajstić information content (AvgIpc) is 3.20. The molecule has 1 atom stereocenters. The van der Waals surface area contributed by atoms with Gasteiger partial charge in [-0.15, -0.1) is 0 Å². The molecule has 2 aliphatic rings. The minimum atomic E-state index is -0.332. The van der Waals surface area contributed by atoms with Gasteiger partial charge in [0.25, 0.3) is 0 Å². The van der Waals surface area contributed by atoms with Crippen molar-refractivity contribution in [1.29, 1.82) is 0 Å². The van der Waals surface area contributed by atoms with Crippen molar-refractivity contribution < 1.29 is 9.84 Å². The maximum atomic E-state index is 10.1. The summed E-state index contributed by atoms with van der Waals surface area (Å²) in [5.74, 6) is 1.58. The van der Waals surface area contributed by atoms with Crippen LogP contribution in [0.15, 0.2) is 24.3 Å². The molecule has 0 aromatic heterocycles. The molecular formula is C18H27NO2. The minimum absolute atomic E-state index is 0.332. The van der Waals surface area contributed by atoms with Crippen molar-refractivity contribution in [2.45, 2.75) is 63.6 Å². The second-order valence-electron chi connectivity index (χ2n) is 6.65. The number of hydrogen-bond acceptors (Lipinski definition) is 3. The van der Waals surface area contributed by atoms with Crippen LogP contribution in [0.2, 0.25) is 0 Å². The normalized spacial score (nSPS) is 20.6. The van der Waals surface area contributed by atoms with Gasteiger partial charge in [-0.25, -0.2) is 0 Å². The summed E-state index contributed by atoms with van der Waals surface area (Å²) in [5, 5.41) is 13.6. The topological polar surface area (TPSA) is 41.5 Å². The van der Waals surface area contributed by atoms with E-state index in [0.717, 1.165) is 24.8 Å². The van der Waals surface area contributed by atoms with E-state index >= 15 is 0 Å². The molecule has 116 valence electrons. The SMILES string of the molecule is OC(COc1cccc(CNC2CC2)c1)CC1CCCC1. The highest BCUT2D eigenvalue weighted by Gasteiger charge is 2.20. The fraction of sp³-hybridized carbons (Fsp3) is 0.667. The van der Waals surface area contributed by atoms with Gasteiger partial charge in [-0.3, -0.25) is 0 Å². The predicted octanol–water partition coefficient (Wildman–Crippen LogP) is 3.26. The first kappa shape index (κ1) is 14.9. The summed E-state index contributed by atoms with van der Waals surface area (Å²) < 4.78 is 5.76. The molecule has 0 heterocycles. The number of hydrogen-bond donors (Lipinski definition) is 2. The van der Waals surface area contributed by atoms with Crippen LogP contribution in [0.5, 0.6) is 5.75 Å². The summed E-state index contributed by atoms with van der Waals surface area (Å²) in [5.41, 5.74) is 1.25. The molecule has 3 nitrogen and oxygen atoms in total. The third-order valence-corrected chi connectivity index (χ3v) is 4.59. The van der Waals surface area contributed by atoms with Crippen molar-refractivity contribution in [3.63, 3.8) is 0 Å². The molecule has 3 heteroatoms. The lowest BCUT2D eigenvalue weighted by molar-refractivity contribution is 0.0855. The number of rotatable bonds is 8. The highest BCUT2D eigenvalue weighted by Crippen LogP contribution is 2.28. The fourth-order valence-corrected chi connectivity index (χ4v) is 3.19. The zero-order valence-corrected chi connectivity index (χ0v) is 12.8. The number of aliphatic hydroxyl groups excluding tert-OH is 1. The summed E-state index contributed by atoms with van der Waals surface area (Å²) in [6.07, 6.45) is 8.39. The Balaban J connectivity index is 1.41. The van der Waals surface area contributed by atoms with Gasteiger partial charge in [0.15, 0.2) is 0 Å². The van der Waals surface area contributed by atoms with Crippen molar-refractivity contribution in [3.05, 3.63) is 29.8 Å².